The minimum Gasteiger partial charge on any atom is -0.485 e. The van der Waals surface area contributed by atoms with Gasteiger partial charge in [0.25, 0.3) is 0 Å². The molecule has 2 rings (SSSR count). The van der Waals surface area contributed by atoms with Gasteiger partial charge in [0.1, 0.15) is 12.4 Å². The van der Waals surface area contributed by atoms with E-state index >= 15 is 0 Å². The van der Waals surface area contributed by atoms with E-state index in [1.807, 2.05) is 25.1 Å². The van der Waals surface area contributed by atoms with Crippen molar-refractivity contribution in [3.8, 4) is 5.75 Å². The van der Waals surface area contributed by atoms with Crippen molar-refractivity contribution in [2.24, 2.45) is 0 Å². The number of nitrogens with zero attached hydrogens (tertiary/aromatic N) is 1. The minimum absolute atomic E-state index is 0.407. The predicted molar refractivity (Wildman–Crippen MR) is 78.7 cm³/mol. The highest BCUT2D eigenvalue weighted by atomic mass is 16.5. The van der Waals surface area contributed by atoms with Crippen molar-refractivity contribution in [1.82, 2.24) is 10.5 Å². The van der Waals surface area contributed by atoms with E-state index in [2.05, 4.69) is 30.4 Å². The number of rotatable bonds is 7. The topological polar surface area (TPSA) is 47.3 Å². The summed E-state index contributed by atoms with van der Waals surface area (Å²) in [6.07, 6.45) is 1.11. The van der Waals surface area contributed by atoms with Crippen LogP contribution in [-0.2, 0) is 13.2 Å². The molecule has 4 heteroatoms. The second-order valence-electron chi connectivity index (χ2n) is 5.02. The largest absolute Gasteiger partial charge is 0.485 e. The molecule has 1 aromatic heterocycles. The Labute approximate surface area is 120 Å². The van der Waals surface area contributed by atoms with Gasteiger partial charge in [-0.25, -0.2) is 0 Å². The van der Waals surface area contributed by atoms with E-state index in [-0.39, 0.29) is 0 Å². The van der Waals surface area contributed by atoms with Gasteiger partial charge in [-0.05, 0) is 38.4 Å². The average molecular weight is 274 g/mol. The van der Waals surface area contributed by atoms with Gasteiger partial charge in [0.15, 0.2) is 5.76 Å². The van der Waals surface area contributed by atoms with Crippen LogP contribution >= 0.6 is 0 Å². The zero-order chi connectivity index (χ0) is 14.4. The van der Waals surface area contributed by atoms with Crippen molar-refractivity contribution in [2.45, 2.75) is 40.3 Å². The highest BCUT2D eigenvalue weighted by Gasteiger charge is 2.06. The Morgan fingerprint density at radius 3 is 2.85 bits per heavy atom. The van der Waals surface area contributed by atoms with Crippen LogP contribution in [0.1, 0.15) is 35.9 Å². The highest BCUT2D eigenvalue weighted by molar-refractivity contribution is 5.35. The Bertz CT molecular complexity index is 549. The number of ether oxygens (including phenoxy) is 1. The molecule has 0 amide bonds. The first-order valence-electron chi connectivity index (χ1n) is 7.04. The lowest BCUT2D eigenvalue weighted by atomic mass is 10.1. The Hall–Kier alpha value is -1.81. The van der Waals surface area contributed by atoms with Crippen LogP contribution < -0.4 is 10.1 Å². The number of aryl methyl sites for hydroxylation is 2. The second-order valence-corrected chi connectivity index (χ2v) is 5.02. The number of benzene rings is 1. The summed E-state index contributed by atoms with van der Waals surface area (Å²) in [5.74, 6) is 1.64. The maximum Gasteiger partial charge on any atom is 0.174 e. The molecule has 0 spiro atoms. The van der Waals surface area contributed by atoms with Crippen molar-refractivity contribution in [3.05, 3.63) is 46.8 Å². The van der Waals surface area contributed by atoms with E-state index in [1.165, 1.54) is 5.56 Å². The minimum atomic E-state index is 0.407. The lowest BCUT2D eigenvalue weighted by Crippen LogP contribution is -2.13. The summed E-state index contributed by atoms with van der Waals surface area (Å²) < 4.78 is 11.0. The second kappa shape index (κ2) is 7.10. The summed E-state index contributed by atoms with van der Waals surface area (Å²) in [5, 5.41) is 7.31. The van der Waals surface area contributed by atoms with Crippen LogP contribution in [0.2, 0.25) is 0 Å². The van der Waals surface area contributed by atoms with Gasteiger partial charge in [-0.2, -0.15) is 0 Å². The first kappa shape index (κ1) is 14.6. The van der Waals surface area contributed by atoms with Crippen molar-refractivity contribution >= 4 is 0 Å². The monoisotopic (exact) mass is 274 g/mol. The van der Waals surface area contributed by atoms with Crippen molar-refractivity contribution in [3.63, 3.8) is 0 Å². The molecule has 0 atom stereocenters. The molecule has 0 saturated heterocycles. The Morgan fingerprint density at radius 1 is 1.25 bits per heavy atom. The molecule has 108 valence electrons. The van der Waals surface area contributed by atoms with Crippen LogP contribution in [0.15, 0.2) is 28.8 Å². The van der Waals surface area contributed by atoms with Crippen molar-refractivity contribution < 1.29 is 9.26 Å². The van der Waals surface area contributed by atoms with Crippen molar-refractivity contribution in [2.75, 3.05) is 6.54 Å². The van der Waals surface area contributed by atoms with Gasteiger partial charge < -0.3 is 14.6 Å². The molecule has 2 aromatic rings. The maximum absolute atomic E-state index is 5.76. The molecule has 0 radical (unpaired) electrons. The van der Waals surface area contributed by atoms with Crippen LogP contribution in [0.4, 0.5) is 0 Å². The van der Waals surface area contributed by atoms with Gasteiger partial charge >= 0.3 is 0 Å². The van der Waals surface area contributed by atoms with Crippen LogP contribution in [0.25, 0.3) is 0 Å². The molecule has 1 N–H and O–H groups in total. The number of hydrogen-bond donors (Lipinski definition) is 1. The van der Waals surface area contributed by atoms with Gasteiger partial charge in [-0.3, -0.25) is 0 Å². The fraction of sp³-hybridized carbons (Fsp3) is 0.438. The summed E-state index contributed by atoms with van der Waals surface area (Å²) in [4.78, 5) is 0. The van der Waals surface area contributed by atoms with E-state index in [0.717, 1.165) is 42.3 Å². The van der Waals surface area contributed by atoms with Crippen LogP contribution in [0.5, 0.6) is 5.75 Å². The molecule has 0 aliphatic rings. The molecule has 20 heavy (non-hydrogen) atoms. The lowest BCUT2D eigenvalue weighted by Gasteiger charge is -2.07. The fourth-order valence-electron chi connectivity index (χ4n) is 2.01. The third-order valence-electron chi connectivity index (χ3n) is 3.04. The first-order valence-corrected chi connectivity index (χ1v) is 7.04. The lowest BCUT2D eigenvalue weighted by molar-refractivity contribution is 0.247. The molecular weight excluding hydrogens is 252 g/mol. The SMILES string of the molecule is CCCNCc1cc(COc2ccc(C)cc2C)on1. The summed E-state index contributed by atoms with van der Waals surface area (Å²) >= 11 is 0. The third-order valence-corrected chi connectivity index (χ3v) is 3.04. The quantitative estimate of drug-likeness (QED) is 0.786. The van der Waals surface area contributed by atoms with E-state index in [0.29, 0.717) is 6.61 Å². The zero-order valence-corrected chi connectivity index (χ0v) is 12.4. The molecule has 0 bridgehead atoms. The molecule has 0 saturated carbocycles. The maximum atomic E-state index is 5.76. The number of nitrogens with one attached hydrogen (secondary N) is 1. The molecule has 4 nitrogen and oxygen atoms in total. The van der Waals surface area contributed by atoms with Crippen LogP contribution in [-0.4, -0.2) is 11.7 Å². The Kier molecular flexibility index (Phi) is 5.18. The number of aromatic nitrogens is 1. The fourth-order valence-corrected chi connectivity index (χ4v) is 2.01. The van der Waals surface area contributed by atoms with E-state index < -0.39 is 0 Å². The van der Waals surface area contributed by atoms with Gasteiger partial charge in [-0.15, -0.1) is 0 Å². The van der Waals surface area contributed by atoms with Gasteiger partial charge in [-0.1, -0.05) is 29.8 Å². The van der Waals surface area contributed by atoms with Crippen LogP contribution in [0.3, 0.4) is 0 Å². The summed E-state index contributed by atoms with van der Waals surface area (Å²) in [5.41, 5.74) is 3.28. The normalized spacial score (nSPS) is 10.8. The van der Waals surface area contributed by atoms with E-state index in [1.54, 1.807) is 0 Å². The third kappa shape index (κ3) is 4.10. The highest BCUT2D eigenvalue weighted by Crippen LogP contribution is 2.20. The molecular formula is C16H22N2O2. The molecule has 0 fully saturated rings. The van der Waals surface area contributed by atoms with Gasteiger partial charge in [0.05, 0.1) is 5.69 Å². The zero-order valence-electron chi connectivity index (χ0n) is 12.4. The smallest absolute Gasteiger partial charge is 0.174 e. The molecule has 1 aromatic carbocycles. The predicted octanol–water partition coefficient (Wildman–Crippen LogP) is 3.37. The van der Waals surface area contributed by atoms with E-state index in [9.17, 15) is 0 Å². The summed E-state index contributed by atoms with van der Waals surface area (Å²) in [7, 11) is 0. The van der Waals surface area contributed by atoms with Crippen molar-refractivity contribution in [1.29, 1.82) is 0 Å². The number of hydrogen-bond acceptors (Lipinski definition) is 4. The average Bonchev–Trinajstić information content (AvgIpc) is 2.86. The first-order chi connectivity index (χ1) is 9.69. The Balaban J connectivity index is 1.87. The standard InChI is InChI=1S/C16H22N2O2/c1-4-7-17-10-14-9-15(20-18-14)11-19-16-6-5-12(2)8-13(16)3/h5-6,8-9,17H,4,7,10-11H2,1-3H3. The molecule has 0 aliphatic carbocycles. The van der Waals surface area contributed by atoms with Gasteiger partial charge in [0.2, 0.25) is 0 Å². The molecule has 0 aliphatic heterocycles. The molecule has 0 unspecified atom stereocenters. The van der Waals surface area contributed by atoms with Gasteiger partial charge in [0, 0.05) is 12.6 Å². The Morgan fingerprint density at radius 2 is 2.10 bits per heavy atom. The van der Waals surface area contributed by atoms with E-state index in [4.69, 9.17) is 9.26 Å². The molecule has 1 heterocycles. The van der Waals surface area contributed by atoms with Crippen LogP contribution in [0, 0.1) is 13.8 Å². The summed E-state index contributed by atoms with van der Waals surface area (Å²) in [6.45, 7) is 8.39. The summed E-state index contributed by atoms with van der Waals surface area (Å²) in [6, 6.07) is 8.08.